The molecule has 1 amide bonds. The standard InChI is InChI=1S/C25H20N2O4/c1-17-5-3-4-6-23(17)27-24(28)20(16-26)15-18-7-11-22(12-8-18)31-25(29)19-9-13-21(30-2)14-10-19/h3-15H,1-2H3,(H,27,28)/b20-15+. The Morgan fingerprint density at radius 1 is 0.935 bits per heavy atom. The van der Waals surface area contributed by atoms with Gasteiger partial charge in [0.1, 0.15) is 23.1 Å². The average molecular weight is 412 g/mol. The van der Waals surface area contributed by atoms with E-state index >= 15 is 0 Å². The van der Waals surface area contributed by atoms with Crippen molar-refractivity contribution in [3.8, 4) is 17.6 Å². The molecular weight excluding hydrogens is 392 g/mol. The molecule has 0 fully saturated rings. The minimum absolute atomic E-state index is 0.0359. The highest BCUT2D eigenvalue weighted by atomic mass is 16.5. The normalized spacial score (nSPS) is 10.7. The molecule has 0 spiro atoms. The molecule has 3 aromatic carbocycles. The van der Waals surface area contributed by atoms with Gasteiger partial charge < -0.3 is 14.8 Å². The third-order valence-corrected chi connectivity index (χ3v) is 4.49. The summed E-state index contributed by atoms with van der Waals surface area (Å²) in [5.74, 6) is 0.00126. The predicted octanol–water partition coefficient (Wildman–Crippen LogP) is 4.77. The van der Waals surface area contributed by atoms with Crippen molar-refractivity contribution < 1.29 is 19.1 Å². The summed E-state index contributed by atoms with van der Waals surface area (Å²) in [7, 11) is 1.55. The first kappa shape index (κ1) is 21.3. The predicted molar refractivity (Wildman–Crippen MR) is 118 cm³/mol. The van der Waals surface area contributed by atoms with Gasteiger partial charge >= 0.3 is 5.97 Å². The van der Waals surface area contributed by atoms with Gasteiger partial charge in [-0.3, -0.25) is 4.79 Å². The van der Waals surface area contributed by atoms with Gasteiger partial charge in [0, 0.05) is 5.69 Å². The Morgan fingerprint density at radius 2 is 1.58 bits per heavy atom. The molecule has 154 valence electrons. The minimum Gasteiger partial charge on any atom is -0.497 e. The SMILES string of the molecule is COc1ccc(C(=O)Oc2ccc(/C=C(\C#N)C(=O)Nc3ccccc3C)cc2)cc1. The molecule has 0 aromatic heterocycles. The van der Waals surface area contributed by atoms with Crippen LogP contribution in [-0.2, 0) is 4.79 Å². The Labute approximate surface area is 180 Å². The number of anilines is 1. The highest BCUT2D eigenvalue weighted by Crippen LogP contribution is 2.19. The van der Waals surface area contributed by atoms with E-state index < -0.39 is 11.9 Å². The van der Waals surface area contributed by atoms with Crippen LogP contribution in [0.5, 0.6) is 11.5 Å². The van der Waals surface area contributed by atoms with E-state index in [-0.39, 0.29) is 5.57 Å². The summed E-state index contributed by atoms with van der Waals surface area (Å²) in [6, 6.07) is 22.4. The maximum atomic E-state index is 12.4. The first-order valence-electron chi connectivity index (χ1n) is 9.45. The topological polar surface area (TPSA) is 88.4 Å². The zero-order chi connectivity index (χ0) is 22.2. The monoisotopic (exact) mass is 412 g/mol. The lowest BCUT2D eigenvalue weighted by Gasteiger charge is -2.07. The number of nitrogens with zero attached hydrogens (tertiary/aromatic N) is 1. The van der Waals surface area contributed by atoms with Crippen molar-refractivity contribution >= 4 is 23.6 Å². The lowest BCUT2D eigenvalue weighted by atomic mass is 10.1. The number of esters is 1. The number of nitrogens with one attached hydrogen (secondary N) is 1. The van der Waals surface area contributed by atoms with Crippen LogP contribution in [0.15, 0.2) is 78.4 Å². The van der Waals surface area contributed by atoms with Crippen molar-refractivity contribution in [2.24, 2.45) is 0 Å². The molecule has 0 unspecified atom stereocenters. The molecule has 0 atom stereocenters. The Hall–Kier alpha value is -4.37. The van der Waals surface area contributed by atoms with Gasteiger partial charge in [-0.05, 0) is 66.6 Å². The number of aryl methyl sites for hydroxylation is 1. The highest BCUT2D eigenvalue weighted by Gasteiger charge is 2.12. The van der Waals surface area contributed by atoms with Crippen LogP contribution in [0, 0.1) is 18.3 Å². The van der Waals surface area contributed by atoms with E-state index in [1.807, 2.05) is 31.2 Å². The third-order valence-electron chi connectivity index (χ3n) is 4.49. The molecule has 1 N–H and O–H groups in total. The molecule has 0 radical (unpaired) electrons. The van der Waals surface area contributed by atoms with Gasteiger partial charge in [0.2, 0.25) is 0 Å². The van der Waals surface area contributed by atoms with E-state index in [9.17, 15) is 14.9 Å². The summed E-state index contributed by atoms with van der Waals surface area (Å²) < 4.78 is 10.4. The first-order valence-corrected chi connectivity index (χ1v) is 9.45. The highest BCUT2D eigenvalue weighted by molar-refractivity contribution is 6.10. The van der Waals surface area contributed by atoms with E-state index in [2.05, 4.69) is 5.32 Å². The number of ether oxygens (including phenoxy) is 2. The minimum atomic E-state index is -0.499. The number of carbonyl (C=O) groups excluding carboxylic acids is 2. The fourth-order valence-corrected chi connectivity index (χ4v) is 2.74. The smallest absolute Gasteiger partial charge is 0.343 e. The molecule has 0 saturated heterocycles. The van der Waals surface area contributed by atoms with Gasteiger partial charge in [0.05, 0.1) is 12.7 Å². The molecule has 3 rings (SSSR count). The van der Waals surface area contributed by atoms with Crippen molar-refractivity contribution in [1.29, 1.82) is 5.26 Å². The Morgan fingerprint density at radius 3 is 2.19 bits per heavy atom. The second-order valence-corrected chi connectivity index (χ2v) is 6.63. The van der Waals surface area contributed by atoms with Gasteiger partial charge in [-0.25, -0.2) is 4.79 Å². The number of hydrogen-bond acceptors (Lipinski definition) is 5. The molecule has 0 aliphatic heterocycles. The molecule has 0 aliphatic rings. The van der Waals surface area contributed by atoms with E-state index in [0.29, 0.717) is 28.3 Å². The molecule has 0 heterocycles. The van der Waals surface area contributed by atoms with E-state index in [0.717, 1.165) is 5.56 Å². The zero-order valence-electron chi connectivity index (χ0n) is 17.1. The summed E-state index contributed by atoms with van der Waals surface area (Å²) >= 11 is 0. The molecular formula is C25H20N2O4. The van der Waals surface area contributed by atoms with Crippen LogP contribution in [0.25, 0.3) is 6.08 Å². The van der Waals surface area contributed by atoms with Crippen molar-refractivity contribution in [2.45, 2.75) is 6.92 Å². The number of nitriles is 1. The van der Waals surface area contributed by atoms with Crippen molar-refractivity contribution in [3.63, 3.8) is 0 Å². The molecule has 31 heavy (non-hydrogen) atoms. The number of amides is 1. The number of methoxy groups -OCH3 is 1. The fourth-order valence-electron chi connectivity index (χ4n) is 2.74. The van der Waals surface area contributed by atoms with E-state index in [1.54, 1.807) is 61.7 Å². The number of rotatable bonds is 6. The zero-order valence-corrected chi connectivity index (χ0v) is 17.1. The second-order valence-electron chi connectivity index (χ2n) is 6.63. The molecule has 0 saturated carbocycles. The Kier molecular flexibility index (Phi) is 6.82. The molecule has 6 nitrogen and oxygen atoms in total. The maximum absolute atomic E-state index is 12.4. The van der Waals surface area contributed by atoms with Gasteiger partial charge in [-0.2, -0.15) is 5.26 Å². The lowest BCUT2D eigenvalue weighted by Crippen LogP contribution is -2.14. The van der Waals surface area contributed by atoms with Crippen LogP contribution >= 0.6 is 0 Å². The number of hydrogen-bond donors (Lipinski definition) is 1. The Balaban J connectivity index is 1.68. The summed E-state index contributed by atoms with van der Waals surface area (Å²) in [5.41, 5.74) is 2.53. The molecule has 6 heteroatoms. The third kappa shape index (κ3) is 5.58. The van der Waals surface area contributed by atoms with E-state index in [1.165, 1.54) is 6.08 Å². The number of benzene rings is 3. The Bertz CT molecular complexity index is 1160. The summed E-state index contributed by atoms with van der Waals surface area (Å²) in [4.78, 5) is 24.7. The summed E-state index contributed by atoms with van der Waals surface area (Å²) in [5, 5.41) is 12.1. The van der Waals surface area contributed by atoms with Gasteiger partial charge in [-0.1, -0.05) is 30.3 Å². The van der Waals surface area contributed by atoms with Gasteiger partial charge in [0.15, 0.2) is 0 Å². The van der Waals surface area contributed by atoms with Crippen molar-refractivity contribution in [1.82, 2.24) is 0 Å². The van der Waals surface area contributed by atoms with Crippen LogP contribution in [-0.4, -0.2) is 19.0 Å². The molecule has 0 bridgehead atoms. The quantitative estimate of drug-likeness (QED) is 0.273. The van der Waals surface area contributed by atoms with Crippen molar-refractivity contribution in [2.75, 3.05) is 12.4 Å². The number of para-hydroxylation sites is 1. The van der Waals surface area contributed by atoms with Gasteiger partial charge in [-0.15, -0.1) is 0 Å². The molecule has 0 aliphatic carbocycles. The van der Waals surface area contributed by atoms with Gasteiger partial charge in [0.25, 0.3) is 5.91 Å². The first-order chi connectivity index (χ1) is 15.0. The molecule has 3 aromatic rings. The maximum Gasteiger partial charge on any atom is 0.343 e. The summed E-state index contributed by atoms with van der Waals surface area (Å²) in [6.07, 6.45) is 1.47. The number of carbonyl (C=O) groups is 2. The average Bonchev–Trinajstić information content (AvgIpc) is 2.80. The van der Waals surface area contributed by atoms with Crippen LogP contribution in [0.4, 0.5) is 5.69 Å². The van der Waals surface area contributed by atoms with Crippen LogP contribution in [0.2, 0.25) is 0 Å². The second kappa shape index (κ2) is 9.90. The van der Waals surface area contributed by atoms with E-state index in [4.69, 9.17) is 9.47 Å². The van der Waals surface area contributed by atoms with Crippen LogP contribution in [0.3, 0.4) is 0 Å². The summed E-state index contributed by atoms with van der Waals surface area (Å²) in [6.45, 7) is 1.87. The van der Waals surface area contributed by atoms with Crippen LogP contribution < -0.4 is 14.8 Å². The lowest BCUT2D eigenvalue weighted by molar-refractivity contribution is -0.112. The van der Waals surface area contributed by atoms with Crippen molar-refractivity contribution in [3.05, 3.63) is 95.1 Å². The fraction of sp³-hybridized carbons (Fsp3) is 0.0800. The largest absolute Gasteiger partial charge is 0.497 e. The van der Waals surface area contributed by atoms with Crippen LogP contribution in [0.1, 0.15) is 21.5 Å².